The first kappa shape index (κ1) is 17.1. The molecule has 0 heterocycles. The third-order valence-electron chi connectivity index (χ3n) is 4.23. The first-order chi connectivity index (χ1) is 12.0. The molecule has 0 aromatic heterocycles. The summed E-state index contributed by atoms with van der Waals surface area (Å²) < 4.78 is 26.3. The van der Waals surface area contributed by atoms with Crippen molar-refractivity contribution < 1.29 is 18.4 Å². The van der Waals surface area contributed by atoms with Crippen LogP contribution in [0.4, 0.5) is 14.5 Å². The van der Waals surface area contributed by atoms with Crippen LogP contribution in [0.2, 0.25) is 0 Å². The highest BCUT2D eigenvalue weighted by atomic mass is 19.1. The molecule has 2 unspecified atom stereocenters. The van der Waals surface area contributed by atoms with Gasteiger partial charge in [0.15, 0.2) is 0 Å². The number of benzene rings is 2. The molecule has 1 fully saturated rings. The van der Waals surface area contributed by atoms with E-state index in [1.54, 1.807) is 18.2 Å². The Hall–Kier alpha value is -2.76. The highest BCUT2D eigenvalue weighted by Crippen LogP contribution is 2.39. The number of hydrogen-bond donors (Lipinski definition) is 2. The maximum Gasteiger partial charge on any atom is 0.228 e. The topological polar surface area (TPSA) is 58.2 Å². The van der Waals surface area contributed by atoms with Gasteiger partial charge in [0.2, 0.25) is 11.8 Å². The molecular weight excluding hydrogens is 326 g/mol. The van der Waals surface area contributed by atoms with Gasteiger partial charge >= 0.3 is 0 Å². The molecule has 2 aromatic carbocycles. The Morgan fingerprint density at radius 1 is 0.960 bits per heavy atom. The van der Waals surface area contributed by atoms with Crippen LogP contribution >= 0.6 is 0 Å². The van der Waals surface area contributed by atoms with Crippen LogP contribution in [0.3, 0.4) is 0 Å². The minimum absolute atomic E-state index is 0.199. The Morgan fingerprint density at radius 3 is 2.36 bits per heavy atom. The van der Waals surface area contributed by atoms with Gasteiger partial charge in [0, 0.05) is 12.2 Å². The van der Waals surface area contributed by atoms with Crippen LogP contribution in [0.25, 0.3) is 0 Å². The van der Waals surface area contributed by atoms with Crippen LogP contribution in [0.5, 0.6) is 0 Å². The monoisotopic (exact) mass is 344 g/mol. The van der Waals surface area contributed by atoms with Gasteiger partial charge in [-0.05, 0) is 48.7 Å². The molecule has 2 aromatic rings. The van der Waals surface area contributed by atoms with Crippen LogP contribution < -0.4 is 10.6 Å². The predicted molar refractivity (Wildman–Crippen MR) is 89.7 cm³/mol. The van der Waals surface area contributed by atoms with E-state index in [2.05, 4.69) is 10.6 Å². The Kier molecular flexibility index (Phi) is 5.07. The van der Waals surface area contributed by atoms with E-state index < -0.39 is 0 Å². The van der Waals surface area contributed by atoms with Crippen LogP contribution in [-0.4, -0.2) is 18.4 Å². The number of carbonyl (C=O) groups is 2. The fourth-order valence-electron chi connectivity index (χ4n) is 2.70. The van der Waals surface area contributed by atoms with E-state index >= 15 is 0 Å². The zero-order chi connectivity index (χ0) is 17.8. The highest BCUT2D eigenvalue weighted by molar-refractivity contribution is 5.99. The average Bonchev–Trinajstić information content (AvgIpc) is 3.39. The van der Waals surface area contributed by atoms with E-state index in [9.17, 15) is 18.4 Å². The number of carbonyl (C=O) groups excluding carboxylic acids is 2. The molecule has 2 N–H and O–H groups in total. The maximum absolute atomic E-state index is 13.5. The third kappa shape index (κ3) is 4.41. The van der Waals surface area contributed by atoms with Gasteiger partial charge in [-0.2, -0.15) is 0 Å². The van der Waals surface area contributed by atoms with E-state index in [1.807, 2.05) is 0 Å². The maximum atomic E-state index is 13.5. The molecule has 0 saturated heterocycles. The summed E-state index contributed by atoms with van der Waals surface area (Å²) >= 11 is 0. The number of hydrogen-bond acceptors (Lipinski definition) is 2. The SMILES string of the molecule is O=C(NCCc1ccccc1F)C1CC1C(=O)Nc1ccc(F)cc1. The fourth-order valence-corrected chi connectivity index (χ4v) is 2.70. The van der Waals surface area contributed by atoms with Gasteiger partial charge < -0.3 is 10.6 Å². The van der Waals surface area contributed by atoms with Crippen molar-refractivity contribution in [2.75, 3.05) is 11.9 Å². The zero-order valence-electron chi connectivity index (χ0n) is 13.5. The Labute approximate surface area is 144 Å². The summed E-state index contributed by atoms with van der Waals surface area (Å²) in [6.07, 6.45) is 0.885. The summed E-state index contributed by atoms with van der Waals surface area (Å²) in [6.45, 7) is 0.322. The van der Waals surface area contributed by atoms with Crippen LogP contribution in [0.15, 0.2) is 48.5 Å². The van der Waals surface area contributed by atoms with Gasteiger partial charge in [-0.1, -0.05) is 18.2 Å². The predicted octanol–water partition coefficient (Wildman–Crippen LogP) is 2.90. The van der Waals surface area contributed by atoms with Gasteiger partial charge in [-0.25, -0.2) is 8.78 Å². The number of anilines is 1. The Bertz CT molecular complexity index is 777. The number of nitrogens with one attached hydrogen (secondary N) is 2. The molecule has 2 amide bonds. The quantitative estimate of drug-likeness (QED) is 0.847. The smallest absolute Gasteiger partial charge is 0.228 e. The van der Waals surface area contributed by atoms with Crippen LogP contribution in [0, 0.1) is 23.5 Å². The van der Waals surface area contributed by atoms with Gasteiger partial charge in [0.1, 0.15) is 11.6 Å². The first-order valence-electron chi connectivity index (χ1n) is 8.12. The molecule has 1 aliphatic carbocycles. The normalized spacial score (nSPS) is 18.5. The van der Waals surface area contributed by atoms with Crippen molar-refractivity contribution in [3.8, 4) is 0 Å². The highest BCUT2D eigenvalue weighted by Gasteiger charge is 2.47. The molecule has 25 heavy (non-hydrogen) atoms. The summed E-state index contributed by atoms with van der Waals surface area (Å²) in [6, 6.07) is 11.9. The molecule has 130 valence electrons. The lowest BCUT2D eigenvalue weighted by Gasteiger charge is -2.07. The fraction of sp³-hybridized carbons (Fsp3) is 0.263. The second-order valence-electron chi connectivity index (χ2n) is 6.08. The molecular formula is C19H18F2N2O2. The molecule has 0 radical (unpaired) electrons. The lowest BCUT2D eigenvalue weighted by Crippen LogP contribution is -2.29. The third-order valence-corrected chi connectivity index (χ3v) is 4.23. The Balaban J connectivity index is 1.43. The minimum Gasteiger partial charge on any atom is -0.356 e. The van der Waals surface area contributed by atoms with Gasteiger partial charge in [0.25, 0.3) is 0 Å². The van der Waals surface area contributed by atoms with E-state index in [0.717, 1.165) is 0 Å². The van der Waals surface area contributed by atoms with E-state index in [1.165, 1.54) is 30.3 Å². The van der Waals surface area contributed by atoms with Gasteiger partial charge in [-0.3, -0.25) is 9.59 Å². The zero-order valence-corrected chi connectivity index (χ0v) is 13.5. The summed E-state index contributed by atoms with van der Waals surface area (Å²) in [5.74, 6) is -1.85. The largest absolute Gasteiger partial charge is 0.356 e. The molecule has 0 bridgehead atoms. The van der Waals surface area contributed by atoms with Crippen molar-refractivity contribution in [3.05, 3.63) is 65.7 Å². The van der Waals surface area contributed by atoms with Crippen molar-refractivity contribution in [1.82, 2.24) is 5.32 Å². The van der Waals surface area contributed by atoms with Crippen molar-refractivity contribution in [2.45, 2.75) is 12.8 Å². The van der Waals surface area contributed by atoms with E-state index in [4.69, 9.17) is 0 Å². The molecule has 1 saturated carbocycles. The van der Waals surface area contributed by atoms with E-state index in [0.29, 0.717) is 30.6 Å². The summed E-state index contributed by atoms with van der Waals surface area (Å²) in [4.78, 5) is 24.1. The van der Waals surface area contributed by atoms with Gasteiger partial charge in [0.05, 0.1) is 11.8 Å². The lowest BCUT2D eigenvalue weighted by molar-refractivity contribution is -0.125. The second-order valence-corrected chi connectivity index (χ2v) is 6.08. The minimum atomic E-state index is -0.378. The second kappa shape index (κ2) is 7.42. The molecule has 1 aliphatic rings. The number of rotatable bonds is 6. The van der Waals surface area contributed by atoms with Crippen molar-refractivity contribution in [2.24, 2.45) is 11.8 Å². The van der Waals surface area contributed by atoms with E-state index in [-0.39, 0.29) is 35.3 Å². The Morgan fingerprint density at radius 2 is 1.64 bits per heavy atom. The van der Waals surface area contributed by atoms with Crippen molar-refractivity contribution in [3.63, 3.8) is 0 Å². The summed E-state index contributed by atoms with van der Waals surface area (Å²) in [7, 11) is 0. The van der Waals surface area contributed by atoms with Gasteiger partial charge in [-0.15, -0.1) is 0 Å². The van der Waals surface area contributed by atoms with Crippen molar-refractivity contribution >= 4 is 17.5 Å². The van der Waals surface area contributed by atoms with Crippen LogP contribution in [0.1, 0.15) is 12.0 Å². The standard InChI is InChI=1S/C19H18F2N2O2/c20-13-5-7-14(8-6-13)23-19(25)16-11-15(16)18(24)22-10-9-12-3-1-2-4-17(12)21/h1-8,15-16H,9-11H2,(H,22,24)(H,23,25). The number of halogens is 2. The summed E-state index contributed by atoms with van der Waals surface area (Å²) in [5, 5.41) is 5.41. The molecule has 4 nitrogen and oxygen atoms in total. The molecule has 3 rings (SSSR count). The molecule has 0 spiro atoms. The molecule has 0 aliphatic heterocycles. The molecule has 6 heteroatoms. The summed E-state index contributed by atoms with van der Waals surface area (Å²) in [5.41, 5.74) is 1.04. The molecule has 2 atom stereocenters. The number of amides is 2. The van der Waals surface area contributed by atoms with Crippen LogP contribution in [-0.2, 0) is 16.0 Å². The average molecular weight is 344 g/mol. The first-order valence-corrected chi connectivity index (χ1v) is 8.12. The van der Waals surface area contributed by atoms with Crippen molar-refractivity contribution in [1.29, 1.82) is 0 Å². The lowest BCUT2D eigenvalue weighted by atomic mass is 10.1.